The molecule has 5 nitrogen and oxygen atoms in total. The Bertz CT molecular complexity index is 1670. The summed E-state index contributed by atoms with van der Waals surface area (Å²) in [5.74, 6) is -3.34. The molecule has 0 bridgehead atoms. The maximum Gasteiger partial charge on any atom is 0.453 e. The molecule has 0 spiro atoms. The van der Waals surface area contributed by atoms with Crippen molar-refractivity contribution in [2.45, 2.75) is 6.18 Å². The number of ether oxygens (including phenoxy) is 2. The van der Waals surface area contributed by atoms with Crippen LogP contribution < -0.4 is 14.9 Å². The van der Waals surface area contributed by atoms with Gasteiger partial charge in [-0.05, 0) is 59.3 Å². The van der Waals surface area contributed by atoms with Crippen molar-refractivity contribution in [2.75, 3.05) is 0 Å². The Balaban J connectivity index is 1.54. The molecule has 0 saturated heterocycles. The third-order valence-electron chi connectivity index (χ3n) is 5.31. The minimum absolute atomic E-state index is 0.0471. The Hall–Kier alpha value is -4.11. The minimum atomic E-state index is -5.02. The molecule has 1 aromatic heterocycles. The van der Waals surface area contributed by atoms with E-state index in [1.54, 1.807) is 30.3 Å². The monoisotopic (exact) mass is 554 g/mol. The topological polar surface area (TPSA) is 65.7 Å². The zero-order valence-corrected chi connectivity index (χ0v) is 19.7. The lowest BCUT2D eigenvalue weighted by Gasteiger charge is -2.14. The van der Waals surface area contributed by atoms with Gasteiger partial charge in [-0.15, -0.1) is 0 Å². The summed E-state index contributed by atoms with van der Waals surface area (Å²) in [5, 5.41) is 1.42. The van der Waals surface area contributed by atoms with Crippen molar-refractivity contribution < 1.29 is 31.9 Å². The molecule has 36 heavy (non-hydrogen) atoms. The molecule has 0 N–H and O–H groups in total. The highest BCUT2D eigenvalue weighted by Gasteiger charge is 2.40. The Morgan fingerprint density at radius 2 is 1.53 bits per heavy atom. The van der Waals surface area contributed by atoms with Crippen LogP contribution in [0, 0.1) is 0 Å². The van der Waals surface area contributed by atoms with Crippen LogP contribution in [-0.2, 0) is 6.18 Å². The average Bonchev–Trinajstić information content (AvgIpc) is 2.85. The van der Waals surface area contributed by atoms with Gasteiger partial charge in [-0.1, -0.05) is 46.3 Å². The quantitative estimate of drug-likeness (QED) is 0.168. The highest BCUT2D eigenvalue weighted by atomic mass is 79.9. The molecule has 0 saturated carbocycles. The van der Waals surface area contributed by atoms with Crippen LogP contribution >= 0.6 is 15.9 Å². The van der Waals surface area contributed by atoms with Gasteiger partial charge in [-0.25, -0.2) is 4.79 Å². The fourth-order valence-corrected chi connectivity index (χ4v) is 3.86. The lowest BCUT2D eigenvalue weighted by Crippen LogP contribution is -2.15. The second-order valence-corrected chi connectivity index (χ2v) is 8.67. The molecule has 0 radical (unpaired) electrons. The largest absolute Gasteiger partial charge is 0.453 e. The molecule has 5 rings (SSSR count). The fourth-order valence-electron chi connectivity index (χ4n) is 3.60. The fraction of sp³-hybridized carbons (Fsp3) is 0.0370. The molecule has 180 valence electrons. The summed E-state index contributed by atoms with van der Waals surface area (Å²) < 4.78 is 58.2. The lowest BCUT2D eigenvalue weighted by atomic mass is 10.1. The summed E-state index contributed by atoms with van der Waals surface area (Å²) in [6.07, 6.45) is -5.02. The average molecular weight is 555 g/mol. The summed E-state index contributed by atoms with van der Waals surface area (Å²) in [4.78, 5) is 25.4. The van der Waals surface area contributed by atoms with Gasteiger partial charge in [0.05, 0.1) is 10.9 Å². The van der Waals surface area contributed by atoms with Crippen LogP contribution in [-0.4, -0.2) is 5.97 Å². The standard InChI is InChI=1S/C27H14BrF3O5/c28-18-8-5-16(6-9-18)26(33)35-20-11-12-21-22(14-20)36-25(27(29,30)31)24(23(21)32)34-19-10-7-15-3-1-2-4-17(15)13-19/h1-14H. The van der Waals surface area contributed by atoms with E-state index in [1.165, 1.54) is 36.4 Å². The zero-order valence-electron chi connectivity index (χ0n) is 18.1. The van der Waals surface area contributed by atoms with E-state index in [1.807, 2.05) is 12.1 Å². The van der Waals surface area contributed by atoms with Crippen molar-refractivity contribution in [2.24, 2.45) is 0 Å². The molecule has 0 amide bonds. The van der Waals surface area contributed by atoms with Gasteiger partial charge in [0, 0.05) is 10.5 Å². The van der Waals surface area contributed by atoms with Gasteiger partial charge in [0.2, 0.25) is 11.2 Å². The van der Waals surface area contributed by atoms with Crippen molar-refractivity contribution in [1.82, 2.24) is 0 Å². The Morgan fingerprint density at radius 1 is 0.833 bits per heavy atom. The Morgan fingerprint density at radius 3 is 2.25 bits per heavy atom. The molecule has 0 unspecified atom stereocenters. The maximum absolute atomic E-state index is 13.9. The SMILES string of the molecule is O=C(Oc1ccc2c(=O)c(Oc3ccc4ccccc4c3)c(C(F)(F)F)oc2c1)c1ccc(Br)cc1. The number of benzene rings is 4. The first-order valence-electron chi connectivity index (χ1n) is 10.5. The molecule has 0 aliphatic carbocycles. The van der Waals surface area contributed by atoms with Gasteiger partial charge >= 0.3 is 12.1 Å². The number of carbonyl (C=O) groups excluding carboxylic acids is 1. The highest BCUT2D eigenvalue weighted by Crippen LogP contribution is 2.39. The van der Waals surface area contributed by atoms with Crippen LogP contribution in [0.1, 0.15) is 16.1 Å². The summed E-state index contributed by atoms with van der Waals surface area (Å²) in [6, 6.07) is 21.8. The molecule has 9 heteroatoms. The molecule has 5 aromatic rings. The van der Waals surface area contributed by atoms with Crippen molar-refractivity contribution in [3.05, 3.63) is 111 Å². The first kappa shape index (κ1) is 23.6. The van der Waals surface area contributed by atoms with Gasteiger partial charge < -0.3 is 13.9 Å². The highest BCUT2D eigenvalue weighted by molar-refractivity contribution is 9.10. The third-order valence-corrected chi connectivity index (χ3v) is 5.84. The number of alkyl halides is 3. The molecule has 4 aromatic carbocycles. The van der Waals surface area contributed by atoms with Crippen molar-refractivity contribution in [3.8, 4) is 17.2 Å². The van der Waals surface area contributed by atoms with Crippen molar-refractivity contribution >= 4 is 43.6 Å². The third kappa shape index (κ3) is 4.70. The van der Waals surface area contributed by atoms with Gasteiger partial charge in [0.15, 0.2) is 0 Å². The number of rotatable bonds is 4. The van der Waals surface area contributed by atoms with E-state index >= 15 is 0 Å². The van der Waals surface area contributed by atoms with Crippen LogP contribution in [0.25, 0.3) is 21.7 Å². The van der Waals surface area contributed by atoms with Gasteiger partial charge in [-0.3, -0.25) is 4.79 Å². The molecule has 0 aliphatic heterocycles. The zero-order chi connectivity index (χ0) is 25.4. The molecular weight excluding hydrogens is 541 g/mol. The second kappa shape index (κ2) is 9.16. The Labute approximate surface area is 209 Å². The first-order valence-corrected chi connectivity index (χ1v) is 11.3. The second-order valence-electron chi connectivity index (χ2n) is 7.75. The minimum Gasteiger partial charge on any atom is -0.449 e. The van der Waals surface area contributed by atoms with E-state index in [4.69, 9.17) is 13.9 Å². The summed E-state index contributed by atoms with van der Waals surface area (Å²) in [7, 11) is 0. The van der Waals surface area contributed by atoms with E-state index in [9.17, 15) is 22.8 Å². The van der Waals surface area contributed by atoms with Gasteiger partial charge in [0.25, 0.3) is 5.76 Å². The van der Waals surface area contributed by atoms with Gasteiger partial charge in [-0.2, -0.15) is 13.2 Å². The van der Waals surface area contributed by atoms with Crippen molar-refractivity contribution in [1.29, 1.82) is 0 Å². The predicted octanol–water partition coefficient (Wildman–Crippen LogP) is 7.74. The predicted molar refractivity (Wildman–Crippen MR) is 131 cm³/mol. The number of esters is 1. The molecule has 0 aliphatic rings. The summed E-state index contributed by atoms with van der Waals surface area (Å²) >= 11 is 3.26. The molecule has 0 atom stereocenters. The van der Waals surface area contributed by atoms with E-state index in [-0.39, 0.29) is 22.4 Å². The van der Waals surface area contributed by atoms with Crippen LogP contribution in [0.3, 0.4) is 0 Å². The molecule has 1 heterocycles. The van der Waals surface area contributed by atoms with Crippen LogP contribution in [0.15, 0.2) is 98.6 Å². The van der Waals surface area contributed by atoms with Crippen molar-refractivity contribution in [3.63, 3.8) is 0 Å². The van der Waals surface area contributed by atoms with Crippen LogP contribution in [0.2, 0.25) is 0 Å². The number of halogens is 4. The number of hydrogen-bond donors (Lipinski definition) is 0. The number of carbonyl (C=O) groups is 1. The Kier molecular flexibility index (Phi) is 6.01. The smallest absolute Gasteiger partial charge is 0.449 e. The summed E-state index contributed by atoms with van der Waals surface area (Å²) in [6.45, 7) is 0. The van der Waals surface area contributed by atoms with E-state index in [2.05, 4.69) is 15.9 Å². The molecule has 0 fully saturated rings. The number of hydrogen-bond acceptors (Lipinski definition) is 5. The lowest BCUT2D eigenvalue weighted by molar-refractivity contribution is -0.154. The number of fused-ring (bicyclic) bond motifs is 2. The maximum atomic E-state index is 13.9. The molecular formula is C27H14BrF3O5. The van der Waals surface area contributed by atoms with E-state index < -0.39 is 34.7 Å². The summed E-state index contributed by atoms with van der Waals surface area (Å²) in [5.41, 5.74) is -1.18. The van der Waals surface area contributed by atoms with E-state index in [0.29, 0.717) is 0 Å². The van der Waals surface area contributed by atoms with Crippen LogP contribution in [0.5, 0.6) is 17.2 Å². The normalized spacial score (nSPS) is 11.6. The van der Waals surface area contributed by atoms with E-state index in [0.717, 1.165) is 21.3 Å². The van der Waals surface area contributed by atoms with Crippen LogP contribution in [0.4, 0.5) is 13.2 Å². The van der Waals surface area contributed by atoms with Gasteiger partial charge in [0.1, 0.15) is 17.1 Å². The first-order chi connectivity index (χ1) is 17.2.